The van der Waals surface area contributed by atoms with Crippen molar-refractivity contribution in [3.05, 3.63) is 53.6 Å². The van der Waals surface area contributed by atoms with Crippen LogP contribution in [-0.2, 0) is 52.5 Å². The molecule has 0 radical (unpaired) electrons. The van der Waals surface area contributed by atoms with Gasteiger partial charge in [-0.3, -0.25) is 24.0 Å². The third-order valence-electron chi connectivity index (χ3n) is 5.86. The molecule has 1 heterocycles. The molecular weight excluding hydrogens is 596 g/mol. The molecule has 14 heteroatoms. The first-order valence-corrected chi connectivity index (χ1v) is 13.5. The number of hydrogen-bond acceptors (Lipinski definition) is 14. The zero-order valence-electron chi connectivity index (χ0n) is 25.3. The van der Waals surface area contributed by atoms with Crippen molar-refractivity contribution in [1.29, 1.82) is 0 Å². The van der Waals surface area contributed by atoms with E-state index in [-0.39, 0.29) is 11.5 Å². The highest BCUT2D eigenvalue weighted by Crippen LogP contribution is 2.33. The minimum atomic E-state index is -1.66. The molecule has 5 atom stereocenters. The Morgan fingerprint density at radius 2 is 1.11 bits per heavy atom. The Hall–Kier alpha value is -5.24. The van der Waals surface area contributed by atoms with Crippen molar-refractivity contribution < 1.29 is 66.7 Å². The maximum absolute atomic E-state index is 12.7. The number of ether oxygens (including phenoxy) is 8. The van der Waals surface area contributed by atoms with Crippen molar-refractivity contribution in [2.75, 3.05) is 7.11 Å². The van der Waals surface area contributed by atoms with Gasteiger partial charge in [-0.15, -0.1) is 0 Å². The standard InChI is InChI=1S/C31H32O14/c1-16(32)39-23-11-9-21(10-12-23)7-8-22-13-24(40-17(2)33)15-25(14-22)44-31-29(43-20(5)36)27(42-19(4)35)26(41-18(3)34)28(45-31)30(37)38-6/h7-15,26-29,31H,1-6H3/b8-7+. The molecule has 14 nitrogen and oxygen atoms in total. The smallest absolute Gasteiger partial charge is 0.339 e. The number of methoxy groups -OCH3 is 1. The van der Waals surface area contributed by atoms with Crippen molar-refractivity contribution in [2.24, 2.45) is 0 Å². The van der Waals surface area contributed by atoms with Gasteiger partial charge >= 0.3 is 35.8 Å². The van der Waals surface area contributed by atoms with Gasteiger partial charge in [0.25, 0.3) is 0 Å². The van der Waals surface area contributed by atoms with Gasteiger partial charge < -0.3 is 37.9 Å². The number of esters is 6. The summed E-state index contributed by atoms with van der Waals surface area (Å²) in [5.41, 5.74) is 1.21. The lowest BCUT2D eigenvalue weighted by atomic mass is 9.97. The van der Waals surface area contributed by atoms with Gasteiger partial charge in [0.05, 0.1) is 7.11 Å². The number of carbonyl (C=O) groups excluding carboxylic acids is 6. The minimum absolute atomic E-state index is 0.0249. The lowest BCUT2D eigenvalue weighted by molar-refractivity contribution is -0.282. The Bertz CT molecular complexity index is 1460. The molecule has 0 aliphatic carbocycles. The molecule has 0 aromatic heterocycles. The average molecular weight is 629 g/mol. The monoisotopic (exact) mass is 628 g/mol. The summed E-state index contributed by atoms with van der Waals surface area (Å²) in [6, 6.07) is 11.1. The highest BCUT2D eigenvalue weighted by atomic mass is 16.7. The normalized spacial score (nSPS) is 20.8. The van der Waals surface area contributed by atoms with E-state index in [0.29, 0.717) is 11.3 Å². The van der Waals surface area contributed by atoms with E-state index in [2.05, 4.69) is 0 Å². The first-order valence-electron chi connectivity index (χ1n) is 13.5. The fourth-order valence-electron chi connectivity index (χ4n) is 4.30. The molecule has 240 valence electrons. The summed E-state index contributed by atoms with van der Waals surface area (Å²) < 4.78 is 42.9. The van der Waals surface area contributed by atoms with Crippen LogP contribution in [0.3, 0.4) is 0 Å². The fourth-order valence-corrected chi connectivity index (χ4v) is 4.30. The molecule has 2 aromatic carbocycles. The molecule has 0 spiro atoms. The third-order valence-corrected chi connectivity index (χ3v) is 5.86. The van der Waals surface area contributed by atoms with Crippen LogP contribution in [-0.4, -0.2) is 73.6 Å². The van der Waals surface area contributed by atoms with Crippen LogP contribution in [0.2, 0.25) is 0 Å². The molecule has 1 saturated heterocycles. The van der Waals surface area contributed by atoms with Gasteiger partial charge in [-0.2, -0.15) is 0 Å². The van der Waals surface area contributed by atoms with Crippen LogP contribution in [0.15, 0.2) is 42.5 Å². The van der Waals surface area contributed by atoms with Crippen LogP contribution in [0.4, 0.5) is 0 Å². The molecular formula is C31H32O14. The van der Waals surface area contributed by atoms with Crippen molar-refractivity contribution in [3.63, 3.8) is 0 Å². The molecule has 1 aliphatic heterocycles. The third kappa shape index (κ3) is 10.2. The lowest BCUT2D eigenvalue weighted by Crippen LogP contribution is -2.64. The summed E-state index contributed by atoms with van der Waals surface area (Å²) in [6.07, 6.45) is -4.55. The van der Waals surface area contributed by atoms with Crippen LogP contribution in [0.5, 0.6) is 17.2 Å². The second-order valence-electron chi connectivity index (χ2n) is 9.62. The van der Waals surface area contributed by atoms with Crippen LogP contribution < -0.4 is 14.2 Å². The second-order valence-corrected chi connectivity index (χ2v) is 9.62. The molecule has 3 rings (SSSR count). The summed E-state index contributed by atoms with van der Waals surface area (Å²) in [5, 5.41) is 0. The van der Waals surface area contributed by atoms with E-state index >= 15 is 0 Å². The maximum Gasteiger partial charge on any atom is 0.339 e. The van der Waals surface area contributed by atoms with Crippen molar-refractivity contribution >= 4 is 48.0 Å². The zero-order chi connectivity index (χ0) is 33.3. The Morgan fingerprint density at radius 3 is 1.67 bits per heavy atom. The van der Waals surface area contributed by atoms with E-state index in [1.807, 2.05) is 0 Å². The topological polar surface area (TPSA) is 176 Å². The quantitative estimate of drug-likeness (QED) is 0.162. The van der Waals surface area contributed by atoms with E-state index in [4.69, 9.17) is 37.9 Å². The summed E-state index contributed by atoms with van der Waals surface area (Å²) in [6.45, 7) is 5.71. The lowest BCUT2D eigenvalue weighted by Gasteiger charge is -2.43. The highest BCUT2D eigenvalue weighted by molar-refractivity contribution is 5.77. The summed E-state index contributed by atoms with van der Waals surface area (Å²) >= 11 is 0. The van der Waals surface area contributed by atoms with Gasteiger partial charge in [-0.05, 0) is 35.4 Å². The molecule has 0 saturated carbocycles. The van der Waals surface area contributed by atoms with Crippen LogP contribution in [0.1, 0.15) is 45.7 Å². The molecule has 0 amide bonds. The molecule has 0 N–H and O–H groups in total. The predicted molar refractivity (Wildman–Crippen MR) is 152 cm³/mol. The zero-order valence-corrected chi connectivity index (χ0v) is 25.3. The fraction of sp³-hybridized carbons (Fsp3) is 0.355. The van der Waals surface area contributed by atoms with Crippen molar-refractivity contribution in [2.45, 2.75) is 65.3 Å². The Morgan fingerprint density at radius 1 is 0.600 bits per heavy atom. The van der Waals surface area contributed by atoms with E-state index in [0.717, 1.165) is 33.4 Å². The van der Waals surface area contributed by atoms with Crippen molar-refractivity contribution in [3.8, 4) is 17.2 Å². The minimum Gasteiger partial charge on any atom is -0.467 e. The number of hydrogen-bond donors (Lipinski definition) is 0. The van der Waals surface area contributed by atoms with Crippen LogP contribution in [0.25, 0.3) is 12.2 Å². The van der Waals surface area contributed by atoms with E-state index in [1.54, 1.807) is 42.5 Å². The number of rotatable bonds is 10. The molecule has 1 fully saturated rings. The highest BCUT2D eigenvalue weighted by Gasteiger charge is 2.55. The second kappa shape index (κ2) is 15.5. The molecule has 0 bridgehead atoms. The van der Waals surface area contributed by atoms with Gasteiger partial charge in [0.1, 0.15) is 17.2 Å². The Kier molecular flexibility index (Phi) is 11.8. The van der Waals surface area contributed by atoms with E-state index in [9.17, 15) is 28.8 Å². The molecule has 2 aromatic rings. The van der Waals surface area contributed by atoms with E-state index < -0.39 is 66.5 Å². The van der Waals surface area contributed by atoms with Crippen LogP contribution >= 0.6 is 0 Å². The first-order chi connectivity index (χ1) is 21.2. The SMILES string of the molecule is COC(=O)C1OC(Oc2cc(/C=C/c3ccc(OC(C)=O)cc3)cc(OC(C)=O)c2)C(OC(C)=O)C(OC(C)=O)C1OC(C)=O. The van der Waals surface area contributed by atoms with Gasteiger partial charge in [-0.25, -0.2) is 4.79 Å². The average Bonchev–Trinajstić information content (AvgIpc) is 2.93. The maximum atomic E-state index is 12.7. The first kappa shape index (κ1) is 34.3. The largest absolute Gasteiger partial charge is 0.467 e. The molecule has 5 unspecified atom stereocenters. The predicted octanol–water partition coefficient (Wildman–Crippen LogP) is 2.78. The van der Waals surface area contributed by atoms with Crippen LogP contribution in [0, 0.1) is 0 Å². The summed E-state index contributed by atoms with van der Waals surface area (Å²) in [5.74, 6) is -4.12. The van der Waals surface area contributed by atoms with Gasteiger partial charge in [0.15, 0.2) is 18.3 Å². The number of carbonyl (C=O) groups is 6. The van der Waals surface area contributed by atoms with Gasteiger partial charge in [0, 0.05) is 40.7 Å². The molecule has 1 aliphatic rings. The number of benzene rings is 2. The molecule has 45 heavy (non-hydrogen) atoms. The Balaban J connectivity index is 2.02. The van der Waals surface area contributed by atoms with Gasteiger partial charge in [-0.1, -0.05) is 24.3 Å². The van der Waals surface area contributed by atoms with Crippen molar-refractivity contribution in [1.82, 2.24) is 0 Å². The summed E-state index contributed by atoms with van der Waals surface area (Å²) in [4.78, 5) is 71.7. The van der Waals surface area contributed by atoms with Gasteiger partial charge in [0.2, 0.25) is 12.4 Å². The summed E-state index contributed by atoms with van der Waals surface area (Å²) in [7, 11) is 1.07. The van der Waals surface area contributed by atoms with E-state index in [1.165, 1.54) is 26.0 Å². The Labute approximate surface area is 258 Å².